The van der Waals surface area contributed by atoms with Gasteiger partial charge in [0.2, 0.25) is 0 Å². The summed E-state index contributed by atoms with van der Waals surface area (Å²) >= 11 is 0. The number of nitrogen functional groups attached to an aromatic ring is 2. The van der Waals surface area contributed by atoms with Crippen molar-refractivity contribution >= 4 is 11.4 Å². The summed E-state index contributed by atoms with van der Waals surface area (Å²) < 4.78 is 79.1. The molecule has 25 heavy (non-hydrogen) atoms. The van der Waals surface area contributed by atoms with E-state index in [4.69, 9.17) is 11.5 Å². The number of hydrogen-bond acceptors (Lipinski definition) is 2. The fourth-order valence-corrected chi connectivity index (χ4v) is 2.67. The molecule has 8 heteroatoms. The highest BCUT2D eigenvalue weighted by molar-refractivity contribution is 5.55. The van der Waals surface area contributed by atoms with Gasteiger partial charge in [0, 0.05) is 16.8 Å². The Labute approximate surface area is 140 Å². The minimum absolute atomic E-state index is 0.0232. The summed E-state index contributed by atoms with van der Waals surface area (Å²) in [5, 5.41) is 0. The molecule has 0 aliphatic carbocycles. The van der Waals surface area contributed by atoms with E-state index in [2.05, 4.69) is 0 Å². The molecule has 0 radical (unpaired) electrons. The van der Waals surface area contributed by atoms with Gasteiger partial charge in [0.1, 0.15) is 0 Å². The van der Waals surface area contributed by atoms with Gasteiger partial charge >= 0.3 is 12.4 Å². The first-order valence-corrected chi connectivity index (χ1v) is 7.18. The first-order valence-electron chi connectivity index (χ1n) is 7.18. The molecule has 136 valence electrons. The molecule has 0 saturated carbocycles. The molecule has 0 aliphatic rings. The van der Waals surface area contributed by atoms with Crippen LogP contribution in [-0.4, -0.2) is 0 Å². The maximum absolute atomic E-state index is 13.4. The molecule has 2 aromatic carbocycles. The fraction of sp³-hybridized carbons (Fsp3) is 0.294. The molecular formula is C17H16F6N2. The second-order valence-corrected chi connectivity index (χ2v) is 6.27. The van der Waals surface area contributed by atoms with Crippen molar-refractivity contribution < 1.29 is 26.3 Å². The van der Waals surface area contributed by atoms with Crippen LogP contribution in [0.25, 0.3) is 0 Å². The van der Waals surface area contributed by atoms with Crippen molar-refractivity contribution in [3.63, 3.8) is 0 Å². The minimum atomic E-state index is -4.70. The molecule has 0 bridgehead atoms. The lowest BCUT2D eigenvalue weighted by Crippen LogP contribution is -2.25. The molecular weight excluding hydrogens is 346 g/mol. The number of alkyl halides is 6. The summed E-state index contributed by atoms with van der Waals surface area (Å²) in [4.78, 5) is 0. The quantitative estimate of drug-likeness (QED) is 0.569. The number of nitrogens with two attached hydrogens (primary N) is 2. The van der Waals surface area contributed by atoms with Crippen LogP contribution in [0.5, 0.6) is 0 Å². The summed E-state index contributed by atoms with van der Waals surface area (Å²) in [7, 11) is 0. The van der Waals surface area contributed by atoms with Gasteiger partial charge in [-0.3, -0.25) is 0 Å². The molecule has 0 aromatic heterocycles. The third kappa shape index (κ3) is 3.83. The molecule has 2 rings (SSSR count). The lowest BCUT2D eigenvalue weighted by Gasteiger charge is -2.30. The largest absolute Gasteiger partial charge is 0.416 e. The molecule has 2 aromatic rings. The maximum atomic E-state index is 13.4. The van der Waals surface area contributed by atoms with Crippen LogP contribution in [0, 0.1) is 0 Å². The molecule has 0 fully saturated rings. The summed E-state index contributed by atoms with van der Waals surface area (Å²) in [6.45, 7) is 2.81. The Morgan fingerprint density at radius 3 is 1.72 bits per heavy atom. The van der Waals surface area contributed by atoms with Gasteiger partial charge in [-0.15, -0.1) is 0 Å². The van der Waals surface area contributed by atoms with Gasteiger partial charge in [-0.05, 0) is 41.5 Å². The van der Waals surface area contributed by atoms with Crippen LogP contribution in [0.2, 0.25) is 0 Å². The van der Waals surface area contributed by atoms with Gasteiger partial charge in [0.15, 0.2) is 0 Å². The van der Waals surface area contributed by atoms with E-state index in [1.807, 2.05) is 0 Å². The van der Waals surface area contributed by atoms with Crippen molar-refractivity contribution in [3.8, 4) is 0 Å². The topological polar surface area (TPSA) is 52.0 Å². The average Bonchev–Trinajstić information content (AvgIpc) is 2.44. The van der Waals surface area contributed by atoms with Crippen molar-refractivity contribution in [1.82, 2.24) is 0 Å². The van der Waals surface area contributed by atoms with Crippen LogP contribution in [0.1, 0.15) is 36.1 Å². The van der Waals surface area contributed by atoms with Crippen LogP contribution in [0.3, 0.4) is 0 Å². The van der Waals surface area contributed by atoms with Gasteiger partial charge in [0.25, 0.3) is 0 Å². The zero-order valence-corrected chi connectivity index (χ0v) is 13.4. The van der Waals surface area contributed by atoms with E-state index in [1.54, 1.807) is 0 Å². The van der Waals surface area contributed by atoms with Gasteiger partial charge < -0.3 is 11.5 Å². The van der Waals surface area contributed by atoms with E-state index in [-0.39, 0.29) is 22.5 Å². The average molecular weight is 362 g/mol. The lowest BCUT2D eigenvalue weighted by atomic mass is 9.75. The summed E-state index contributed by atoms with van der Waals surface area (Å²) in [5.74, 6) is 0. The predicted octanol–water partition coefficient (Wildman–Crippen LogP) is 5.21. The van der Waals surface area contributed by atoms with Gasteiger partial charge in [-0.25, -0.2) is 0 Å². The zero-order valence-electron chi connectivity index (χ0n) is 13.4. The Bertz CT molecular complexity index is 791. The second kappa shape index (κ2) is 5.86. The van der Waals surface area contributed by atoms with Crippen molar-refractivity contribution in [1.29, 1.82) is 0 Å². The molecule has 4 N–H and O–H groups in total. The van der Waals surface area contributed by atoms with E-state index in [9.17, 15) is 26.3 Å². The number of anilines is 2. The Morgan fingerprint density at radius 2 is 1.20 bits per heavy atom. The minimum Gasteiger partial charge on any atom is -0.399 e. The lowest BCUT2D eigenvalue weighted by molar-refractivity contribution is -0.139. The zero-order chi connectivity index (χ0) is 19.2. The van der Waals surface area contributed by atoms with Crippen molar-refractivity contribution in [3.05, 3.63) is 58.7 Å². The Morgan fingerprint density at radius 1 is 0.640 bits per heavy atom. The van der Waals surface area contributed by atoms with E-state index >= 15 is 0 Å². The molecule has 0 saturated heterocycles. The SMILES string of the molecule is CC(C)(c1cc(N)cc(C(F)(F)F)c1)c1ccc(N)cc1C(F)(F)F. The highest BCUT2D eigenvalue weighted by Gasteiger charge is 2.39. The van der Waals surface area contributed by atoms with Crippen LogP contribution in [0.4, 0.5) is 37.7 Å². The van der Waals surface area contributed by atoms with Crippen LogP contribution < -0.4 is 11.5 Å². The number of halogens is 6. The Kier molecular flexibility index (Phi) is 4.44. The second-order valence-electron chi connectivity index (χ2n) is 6.27. The number of hydrogen-bond donors (Lipinski definition) is 2. The molecule has 0 amide bonds. The van der Waals surface area contributed by atoms with Crippen LogP contribution >= 0.6 is 0 Å². The van der Waals surface area contributed by atoms with Crippen LogP contribution in [0.15, 0.2) is 36.4 Å². The molecule has 0 unspecified atom stereocenters. The third-order valence-corrected chi connectivity index (χ3v) is 4.03. The molecule has 0 spiro atoms. The van der Waals surface area contributed by atoms with E-state index < -0.39 is 28.9 Å². The molecule has 0 atom stereocenters. The smallest absolute Gasteiger partial charge is 0.399 e. The fourth-order valence-electron chi connectivity index (χ4n) is 2.67. The van der Waals surface area contributed by atoms with Crippen molar-refractivity contribution in [2.24, 2.45) is 0 Å². The Balaban J connectivity index is 2.70. The number of benzene rings is 2. The predicted molar refractivity (Wildman–Crippen MR) is 83.8 cm³/mol. The monoisotopic (exact) mass is 362 g/mol. The molecule has 2 nitrogen and oxygen atoms in total. The Hall–Kier alpha value is -2.38. The molecule has 0 aliphatic heterocycles. The van der Waals surface area contributed by atoms with Crippen molar-refractivity contribution in [2.75, 3.05) is 11.5 Å². The van der Waals surface area contributed by atoms with Crippen molar-refractivity contribution in [2.45, 2.75) is 31.6 Å². The number of rotatable bonds is 2. The third-order valence-electron chi connectivity index (χ3n) is 4.03. The highest BCUT2D eigenvalue weighted by atomic mass is 19.4. The van der Waals surface area contributed by atoms with E-state index in [0.717, 1.165) is 18.2 Å². The summed E-state index contributed by atoms with van der Waals surface area (Å²) in [6.07, 6.45) is -9.36. The highest BCUT2D eigenvalue weighted by Crippen LogP contribution is 2.43. The van der Waals surface area contributed by atoms with Gasteiger partial charge in [0.05, 0.1) is 11.1 Å². The standard InChI is InChI=1S/C17H16F6N2/c1-15(2,9-5-10(16(18,19)20)7-12(25)6-9)13-4-3-11(24)8-14(13)17(21,22)23/h3-8H,24-25H2,1-2H3. The normalized spacial score (nSPS) is 13.1. The van der Waals surface area contributed by atoms with Gasteiger partial charge in [-0.1, -0.05) is 19.9 Å². The summed E-state index contributed by atoms with van der Waals surface area (Å²) in [5.41, 5.74) is 7.16. The first kappa shape index (κ1) is 19.0. The first-order chi connectivity index (χ1) is 11.2. The van der Waals surface area contributed by atoms with Gasteiger partial charge in [-0.2, -0.15) is 26.3 Å². The maximum Gasteiger partial charge on any atom is 0.416 e. The van der Waals surface area contributed by atoms with E-state index in [0.29, 0.717) is 0 Å². The van der Waals surface area contributed by atoms with Crippen LogP contribution in [-0.2, 0) is 17.8 Å². The van der Waals surface area contributed by atoms with E-state index in [1.165, 1.54) is 32.0 Å². The molecule has 0 heterocycles. The summed E-state index contributed by atoms with van der Waals surface area (Å²) in [6, 6.07) is 6.03.